The number of hydrogen-bond donors (Lipinski definition) is 0. The summed E-state index contributed by atoms with van der Waals surface area (Å²) in [6.45, 7) is 4.67. The number of thiazole rings is 1. The third-order valence-electron chi connectivity index (χ3n) is 4.62. The first-order valence-corrected chi connectivity index (χ1v) is 13.7. The number of ether oxygens (including phenoxy) is 2. The second kappa shape index (κ2) is 10.8. The molecule has 4 aromatic rings. The topological polar surface area (TPSA) is 124 Å². The van der Waals surface area contributed by atoms with Crippen LogP contribution < -0.4 is 9.04 Å². The zero-order chi connectivity index (χ0) is 27.7. The van der Waals surface area contributed by atoms with Crippen molar-refractivity contribution in [2.45, 2.75) is 31.3 Å². The van der Waals surface area contributed by atoms with Crippen molar-refractivity contribution >= 4 is 56.5 Å². The Morgan fingerprint density at radius 2 is 1.76 bits per heavy atom. The minimum atomic E-state index is -4.85. The molecular formula is C23H18Cl2FN5O5S2. The van der Waals surface area contributed by atoms with Crippen LogP contribution in [0.15, 0.2) is 58.9 Å². The Bertz CT molecular complexity index is 1580. The summed E-state index contributed by atoms with van der Waals surface area (Å²) >= 11 is 13.4. The number of nitrogens with zero attached hydrogens (tertiary/aromatic N) is 5. The van der Waals surface area contributed by atoms with E-state index in [-0.39, 0.29) is 31.8 Å². The van der Waals surface area contributed by atoms with Crippen LogP contribution in [-0.2, 0) is 14.8 Å². The first-order valence-electron chi connectivity index (χ1n) is 10.6. The molecule has 1 aromatic carbocycles. The SMILES string of the molecule is CC(C)(C)OC(=O)N(c1cscn1)S(=O)(=O)c1cc(Cl)c(Oc2cnc(Cl)cc2-c2cncnc2)cc1F. The van der Waals surface area contributed by atoms with E-state index < -0.39 is 32.4 Å². The molecule has 198 valence electrons. The lowest BCUT2D eigenvalue weighted by molar-refractivity contribution is 0.0608. The Balaban J connectivity index is 1.74. The summed E-state index contributed by atoms with van der Waals surface area (Å²) in [7, 11) is -4.85. The molecule has 38 heavy (non-hydrogen) atoms. The van der Waals surface area contributed by atoms with Crippen molar-refractivity contribution in [3.8, 4) is 22.6 Å². The molecule has 0 saturated heterocycles. The number of hydrogen-bond acceptors (Lipinski definition) is 10. The third-order valence-corrected chi connectivity index (χ3v) is 7.38. The monoisotopic (exact) mass is 597 g/mol. The Hall–Kier alpha value is -3.39. The van der Waals surface area contributed by atoms with Gasteiger partial charge < -0.3 is 9.47 Å². The summed E-state index contributed by atoms with van der Waals surface area (Å²) in [5, 5.41) is 1.19. The van der Waals surface area contributed by atoms with E-state index in [9.17, 15) is 13.2 Å². The standard InChI is InChI=1S/C23H18Cl2FN5O5S2/c1-23(2,3)36-22(32)31(21-10-37-12-30-21)38(33,34)19-5-15(24)17(6-16(19)26)35-18-9-29-20(25)4-14(18)13-7-27-11-28-8-13/h4-12H,1-3H3. The number of rotatable bonds is 6. The maximum absolute atomic E-state index is 15.3. The fourth-order valence-corrected chi connectivity index (χ4v) is 5.45. The molecule has 4 rings (SSSR count). The molecule has 0 radical (unpaired) electrons. The van der Waals surface area contributed by atoms with Crippen molar-refractivity contribution in [3.63, 3.8) is 0 Å². The summed E-state index contributed by atoms with van der Waals surface area (Å²) in [6, 6.07) is 3.11. The summed E-state index contributed by atoms with van der Waals surface area (Å²) in [5.41, 5.74) is 1.23. The van der Waals surface area contributed by atoms with Crippen molar-refractivity contribution < 1.29 is 27.1 Å². The normalized spacial score (nSPS) is 11.7. The maximum atomic E-state index is 15.3. The van der Waals surface area contributed by atoms with Crippen LogP contribution in [0, 0.1) is 5.82 Å². The first kappa shape index (κ1) is 27.6. The molecule has 1 amide bonds. The van der Waals surface area contributed by atoms with E-state index in [1.165, 1.54) is 41.9 Å². The second-order valence-electron chi connectivity index (χ2n) is 8.54. The van der Waals surface area contributed by atoms with Gasteiger partial charge in [-0.05, 0) is 32.9 Å². The summed E-state index contributed by atoms with van der Waals surface area (Å²) in [4.78, 5) is 27.7. The fraction of sp³-hybridized carbons (Fsp3) is 0.174. The molecule has 15 heteroatoms. The van der Waals surface area contributed by atoms with E-state index in [0.29, 0.717) is 11.1 Å². The van der Waals surface area contributed by atoms with Crippen molar-refractivity contribution in [1.82, 2.24) is 19.9 Å². The van der Waals surface area contributed by atoms with Crippen LogP contribution in [0.5, 0.6) is 11.5 Å². The van der Waals surface area contributed by atoms with E-state index in [0.717, 1.165) is 23.5 Å². The average molecular weight is 598 g/mol. The highest BCUT2D eigenvalue weighted by molar-refractivity contribution is 7.93. The number of pyridine rings is 1. The van der Waals surface area contributed by atoms with Crippen LogP contribution in [0.1, 0.15) is 20.8 Å². The van der Waals surface area contributed by atoms with Crippen molar-refractivity contribution in [2.75, 3.05) is 4.31 Å². The molecule has 0 atom stereocenters. The van der Waals surface area contributed by atoms with Crippen LogP contribution in [-0.4, -0.2) is 40.0 Å². The van der Waals surface area contributed by atoms with Crippen LogP contribution >= 0.6 is 34.5 Å². The largest absolute Gasteiger partial charge is 0.453 e. The summed E-state index contributed by atoms with van der Waals surface area (Å²) in [5.74, 6) is -1.59. The van der Waals surface area contributed by atoms with E-state index in [1.54, 1.807) is 20.8 Å². The predicted octanol–water partition coefficient (Wildman–Crippen LogP) is 6.36. The number of benzene rings is 1. The molecule has 0 unspecified atom stereocenters. The van der Waals surface area contributed by atoms with Gasteiger partial charge in [-0.15, -0.1) is 15.6 Å². The predicted molar refractivity (Wildman–Crippen MR) is 140 cm³/mol. The van der Waals surface area contributed by atoms with Crippen molar-refractivity contribution in [3.05, 3.63) is 70.0 Å². The number of carbonyl (C=O) groups is 1. The molecular weight excluding hydrogens is 580 g/mol. The van der Waals surface area contributed by atoms with Crippen LogP contribution in [0.3, 0.4) is 0 Å². The Kier molecular flexibility index (Phi) is 7.83. The Labute approximate surface area is 231 Å². The average Bonchev–Trinajstić information content (AvgIpc) is 3.35. The number of aromatic nitrogens is 4. The van der Waals surface area contributed by atoms with Gasteiger partial charge in [0.05, 0.1) is 16.7 Å². The van der Waals surface area contributed by atoms with Crippen LogP contribution in [0.4, 0.5) is 15.0 Å². The van der Waals surface area contributed by atoms with E-state index in [4.69, 9.17) is 32.7 Å². The van der Waals surface area contributed by atoms with Gasteiger partial charge in [0.2, 0.25) is 0 Å². The van der Waals surface area contributed by atoms with Crippen LogP contribution in [0.2, 0.25) is 10.2 Å². The Morgan fingerprint density at radius 3 is 2.39 bits per heavy atom. The smallest absolute Gasteiger partial charge is 0.430 e. The summed E-state index contributed by atoms with van der Waals surface area (Å²) in [6.07, 6.45) is 4.38. The number of carbonyl (C=O) groups excluding carboxylic acids is 1. The van der Waals surface area contributed by atoms with Crippen molar-refractivity contribution in [1.29, 1.82) is 0 Å². The molecule has 3 heterocycles. The lowest BCUT2D eigenvalue weighted by atomic mass is 10.1. The van der Waals surface area contributed by atoms with Gasteiger partial charge in [0.1, 0.15) is 33.5 Å². The number of sulfonamides is 1. The molecule has 0 bridgehead atoms. The zero-order valence-electron chi connectivity index (χ0n) is 19.9. The minimum absolute atomic E-state index is 0.124. The quantitative estimate of drug-likeness (QED) is 0.233. The third kappa shape index (κ3) is 6.01. The van der Waals surface area contributed by atoms with Gasteiger partial charge in [-0.2, -0.15) is 0 Å². The minimum Gasteiger partial charge on any atom is -0.453 e. The first-order chi connectivity index (χ1) is 17.9. The van der Waals surface area contributed by atoms with Gasteiger partial charge in [0.25, 0.3) is 10.0 Å². The highest BCUT2D eigenvalue weighted by Gasteiger charge is 2.38. The molecule has 0 N–H and O–H groups in total. The lowest BCUT2D eigenvalue weighted by Gasteiger charge is -2.26. The van der Waals surface area contributed by atoms with Crippen LogP contribution in [0.25, 0.3) is 11.1 Å². The van der Waals surface area contributed by atoms with Crippen molar-refractivity contribution in [2.24, 2.45) is 0 Å². The molecule has 10 nitrogen and oxygen atoms in total. The highest BCUT2D eigenvalue weighted by atomic mass is 35.5. The van der Waals surface area contributed by atoms with Gasteiger partial charge in [0.15, 0.2) is 11.6 Å². The lowest BCUT2D eigenvalue weighted by Crippen LogP contribution is -2.41. The van der Waals surface area contributed by atoms with Gasteiger partial charge in [-0.3, -0.25) is 0 Å². The summed E-state index contributed by atoms with van der Waals surface area (Å²) < 4.78 is 53.6. The number of halogens is 3. The van der Waals surface area contributed by atoms with E-state index in [1.807, 2.05) is 0 Å². The number of anilines is 1. The molecule has 0 spiro atoms. The fourth-order valence-electron chi connectivity index (χ4n) is 3.09. The number of amides is 1. The molecule has 0 saturated carbocycles. The van der Waals surface area contributed by atoms with E-state index in [2.05, 4.69) is 19.9 Å². The highest BCUT2D eigenvalue weighted by Crippen LogP contribution is 2.39. The molecule has 0 fully saturated rings. The molecule has 0 aliphatic rings. The second-order valence-corrected chi connectivity index (χ2v) is 11.8. The molecule has 0 aliphatic carbocycles. The van der Waals surface area contributed by atoms with E-state index >= 15 is 4.39 Å². The molecule has 0 aliphatic heterocycles. The van der Waals surface area contributed by atoms with Gasteiger partial charge in [-0.25, -0.2) is 37.5 Å². The molecule has 3 aromatic heterocycles. The Morgan fingerprint density at radius 1 is 1.05 bits per heavy atom. The zero-order valence-corrected chi connectivity index (χ0v) is 23.1. The van der Waals surface area contributed by atoms with Gasteiger partial charge in [-0.1, -0.05) is 23.2 Å². The van der Waals surface area contributed by atoms with Gasteiger partial charge >= 0.3 is 6.09 Å². The maximum Gasteiger partial charge on any atom is 0.430 e. The van der Waals surface area contributed by atoms with Gasteiger partial charge in [0, 0.05) is 35.0 Å².